The van der Waals surface area contributed by atoms with Crippen molar-refractivity contribution in [1.29, 1.82) is 0 Å². The molecule has 2 heterocycles. The van der Waals surface area contributed by atoms with Gasteiger partial charge in [-0.2, -0.15) is 10.1 Å². The first-order valence-electron chi connectivity index (χ1n) is 7.09. The largest absolute Gasteiger partial charge is 0.332 e. The smallest absolute Gasteiger partial charge is 0.276 e. The summed E-state index contributed by atoms with van der Waals surface area (Å²) in [7, 11) is 0. The molecule has 1 saturated carbocycles. The second-order valence-corrected chi connectivity index (χ2v) is 5.61. The van der Waals surface area contributed by atoms with E-state index in [2.05, 4.69) is 20.3 Å². The lowest BCUT2D eigenvalue weighted by Gasteiger charge is -2.34. The molecule has 112 valence electrons. The van der Waals surface area contributed by atoms with Crippen LogP contribution in [0.3, 0.4) is 0 Å². The fourth-order valence-electron chi connectivity index (χ4n) is 2.52. The van der Waals surface area contributed by atoms with Crippen molar-refractivity contribution in [2.45, 2.75) is 24.8 Å². The first kappa shape index (κ1) is 13.1. The highest BCUT2D eigenvalue weighted by Gasteiger charge is 2.39. The summed E-state index contributed by atoms with van der Waals surface area (Å²) in [5.74, 6) is 0.606. The van der Waals surface area contributed by atoms with Crippen molar-refractivity contribution in [3.05, 3.63) is 42.0 Å². The summed E-state index contributed by atoms with van der Waals surface area (Å²) in [6.45, 7) is 0. The van der Waals surface area contributed by atoms with Crippen LogP contribution < -0.4 is 5.73 Å². The van der Waals surface area contributed by atoms with E-state index in [9.17, 15) is 4.39 Å². The van der Waals surface area contributed by atoms with Crippen LogP contribution in [-0.4, -0.2) is 20.3 Å². The second kappa shape index (κ2) is 4.74. The number of nitrogens with two attached hydrogens (primary N) is 1. The quantitative estimate of drug-likeness (QED) is 0.775. The highest BCUT2D eigenvalue weighted by atomic mass is 19.1. The highest BCUT2D eigenvalue weighted by molar-refractivity contribution is 5.64. The maximum Gasteiger partial charge on any atom is 0.276 e. The zero-order chi connectivity index (χ0) is 15.2. The van der Waals surface area contributed by atoms with Gasteiger partial charge >= 0.3 is 0 Å². The van der Waals surface area contributed by atoms with Gasteiger partial charge in [0.1, 0.15) is 11.5 Å². The van der Waals surface area contributed by atoms with Crippen molar-refractivity contribution in [2.75, 3.05) is 0 Å². The van der Waals surface area contributed by atoms with Gasteiger partial charge < -0.3 is 10.3 Å². The maximum absolute atomic E-state index is 13.0. The number of benzene rings is 1. The minimum absolute atomic E-state index is 0.283. The SMILES string of the molecule is NC1(c2noc(-c3cc(-c4ccc(F)cc4)n[nH]3)n2)CCC1. The van der Waals surface area contributed by atoms with Gasteiger partial charge in [-0.1, -0.05) is 5.16 Å². The van der Waals surface area contributed by atoms with Crippen LogP contribution >= 0.6 is 0 Å². The number of nitrogens with one attached hydrogen (secondary N) is 1. The van der Waals surface area contributed by atoms with Crippen LogP contribution in [0.1, 0.15) is 25.1 Å². The molecule has 4 rings (SSSR count). The Labute approximate surface area is 125 Å². The Morgan fingerprint density at radius 1 is 1.23 bits per heavy atom. The average Bonchev–Trinajstić information content (AvgIpc) is 3.14. The lowest BCUT2D eigenvalue weighted by molar-refractivity contribution is 0.229. The molecule has 3 aromatic rings. The number of hydrogen-bond acceptors (Lipinski definition) is 5. The predicted molar refractivity (Wildman–Crippen MR) is 77.0 cm³/mol. The highest BCUT2D eigenvalue weighted by Crippen LogP contribution is 2.37. The molecule has 0 aliphatic heterocycles. The van der Waals surface area contributed by atoms with Crippen LogP contribution in [-0.2, 0) is 5.54 Å². The Bertz CT molecular complexity index is 803. The standard InChI is InChI=1S/C15H14FN5O/c16-10-4-2-9(3-5-10)11-8-12(20-19-11)13-18-14(21-22-13)15(17)6-1-7-15/h2-5,8H,1,6-7,17H2,(H,19,20). The van der Waals surface area contributed by atoms with Crippen LogP contribution in [0, 0.1) is 5.82 Å². The minimum Gasteiger partial charge on any atom is -0.332 e. The van der Waals surface area contributed by atoms with E-state index in [4.69, 9.17) is 10.3 Å². The van der Waals surface area contributed by atoms with Crippen LogP contribution in [0.4, 0.5) is 4.39 Å². The number of nitrogens with zero attached hydrogens (tertiary/aromatic N) is 3. The Balaban J connectivity index is 1.63. The van der Waals surface area contributed by atoms with Gasteiger partial charge in [-0.3, -0.25) is 5.10 Å². The summed E-state index contributed by atoms with van der Waals surface area (Å²) >= 11 is 0. The molecular formula is C15H14FN5O. The normalized spacial score (nSPS) is 16.5. The predicted octanol–water partition coefficient (Wildman–Crippen LogP) is 2.60. The van der Waals surface area contributed by atoms with E-state index in [0.29, 0.717) is 23.1 Å². The summed E-state index contributed by atoms with van der Waals surface area (Å²) in [6, 6.07) is 7.90. The van der Waals surface area contributed by atoms with Crippen molar-refractivity contribution in [2.24, 2.45) is 5.73 Å². The van der Waals surface area contributed by atoms with E-state index in [1.807, 2.05) is 0 Å². The van der Waals surface area contributed by atoms with Gasteiger partial charge in [-0.05, 0) is 49.6 Å². The molecule has 1 aliphatic carbocycles. The topological polar surface area (TPSA) is 93.6 Å². The Morgan fingerprint density at radius 2 is 2.00 bits per heavy atom. The summed E-state index contributed by atoms with van der Waals surface area (Å²) in [4.78, 5) is 4.36. The molecule has 0 radical (unpaired) electrons. The first-order valence-corrected chi connectivity index (χ1v) is 7.09. The number of rotatable bonds is 3. The molecular weight excluding hydrogens is 285 g/mol. The zero-order valence-corrected chi connectivity index (χ0v) is 11.7. The third-order valence-electron chi connectivity index (χ3n) is 4.07. The molecule has 1 fully saturated rings. The number of halogens is 1. The van der Waals surface area contributed by atoms with Crippen molar-refractivity contribution in [3.63, 3.8) is 0 Å². The Hall–Kier alpha value is -2.54. The molecule has 1 aliphatic rings. The van der Waals surface area contributed by atoms with Crippen LogP contribution in [0.2, 0.25) is 0 Å². The lowest BCUT2D eigenvalue weighted by atomic mass is 9.77. The van der Waals surface area contributed by atoms with E-state index in [1.54, 1.807) is 18.2 Å². The fourth-order valence-corrected chi connectivity index (χ4v) is 2.52. The van der Waals surface area contributed by atoms with Gasteiger partial charge in [0, 0.05) is 5.56 Å². The molecule has 0 amide bonds. The van der Waals surface area contributed by atoms with Gasteiger partial charge in [0.2, 0.25) is 0 Å². The molecule has 7 heteroatoms. The van der Waals surface area contributed by atoms with E-state index < -0.39 is 5.54 Å². The number of hydrogen-bond donors (Lipinski definition) is 2. The van der Waals surface area contributed by atoms with Gasteiger partial charge in [0.05, 0.1) is 11.2 Å². The number of aromatic amines is 1. The minimum atomic E-state index is -0.457. The van der Waals surface area contributed by atoms with E-state index in [1.165, 1.54) is 12.1 Å². The van der Waals surface area contributed by atoms with Gasteiger partial charge in [-0.25, -0.2) is 4.39 Å². The molecule has 0 unspecified atom stereocenters. The Kier molecular flexibility index (Phi) is 2.83. The third-order valence-corrected chi connectivity index (χ3v) is 4.07. The average molecular weight is 299 g/mol. The van der Waals surface area contributed by atoms with Gasteiger partial charge in [0.25, 0.3) is 5.89 Å². The maximum atomic E-state index is 13.0. The van der Waals surface area contributed by atoms with Crippen LogP contribution in [0.15, 0.2) is 34.9 Å². The summed E-state index contributed by atoms with van der Waals surface area (Å²) in [6.07, 6.45) is 2.82. The molecule has 2 aromatic heterocycles. The molecule has 1 aromatic carbocycles. The molecule has 0 bridgehead atoms. The monoisotopic (exact) mass is 299 g/mol. The van der Waals surface area contributed by atoms with E-state index in [0.717, 1.165) is 24.8 Å². The fraction of sp³-hybridized carbons (Fsp3) is 0.267. The molecule has 0 saturated heterocycles. The summed E-state index contributed by atoms with van der Waals surface area (Å²) < 4.78 is 18.2. The van der Waals surface area contributed by atoms with Crippen molar-refractivity contribution in [1.82, 2.24) is 20.3 Å². The van der Waals surface area contributed by atoms with Gasteiger partial charge in [-0.15, -0.1) is 0 Å². The molecule has 3 N–H and O–H groups in total. The van der Waals surface area contributed by atoms with Crippen LogP contribution in [0.5, 0.6) is 0 Å². The summed E-state index contributed by atoms with van der Waals surface area (Å²) in [5.41, 5.74) is 7.82. The molecule has 6 nitrogen and oxygen atoms in total. The summed E-state index contributed by atoms with van der Waals surface area (Å²) in [5, 5.41) is 11.0. The number of H-pyrrole nitrogens is 1. The lowest BCUT2D eigenvalue weighted by Crippen LogP contribution is -2.44. The molecule has 22 heavy (non-hydrogen) atoms. The van der Waals surface area contributed by atoms with Gasteiger partial charge in [0.15, 0.2) is 5.82 Å². The van der Waals surface area contributed by atoms with Crippen molar-refractivity contribution >= 4 is 0 Å². The molecule has 0 atom stereocenters. The zero-order valence-electron chi connectivity index (χ0n) is 11.7. The van der Waals surface area contributed by atoms with Crippen LogP contribution in [0.25, 0.3) is 22.8 Å². The third kappa shape index (κ3) is 2.10. The van der Waals surface area contributed by atoms with Crippen molar-refractivity contribution < 1.29 is 8.91 Å². The number of aromatic nitrogens is 4. The first-order chi connectivity index (χ1) is 10.6. The van der Waals surface area contributed by atoms with E-state index >= 15 is 0 Å². The van der Waals surface area contributed by atoms with E-state index in [-0.39, 0.29) is 5.82 Å². The second-order valence-electron chi connectivity index (χ2n) is 5.61. The Morgan fingerprint density at radius 3 is 2.68 bits per heavy atom. The molecule has 0 spiro atoms. The van der Waals surface area contributed by atoms with Crippen molar-refractivity contribution in [3.8, 4) is 22.8 Å².